The van der Waals surface area contributed by atoms with Crippen LogP contribution < -0.4 is 4.74 Å². The van der Waals surface area contributed by atoms with E-state index >= 15 is 0 Å². The third-order valence-corrected chi connectivity index (χ3v) is 5.03. The van der Waals surface area contributed by atoms with E-state index in [4.69, 9.17) is 4.74 Å². The van der Waals surface area contributed by atoms with Crippen molar-refractivity contribution in [2.75, 3.05) is 7.11 Å². The number of ketones is 1. The van der Waals surface area contributed by atoms with Crippen LogP contribution >= 0.6 is 11.3 Å². The fourth-order valence-electron chi connectivity index (χ4n) is 2.84. The molecule has 1 atom stereocenters. The van der Waals surface area contributed by atoms with Gasteiger partial charge >= 0.3 is 0 Å². The van der Waals surface area contributed by atoms with Crippen LogP contribution in [0.3, 0.4) is 0 Å². The molecule has 0 bridgehead atoms. The van der Waals surface area contributed by atoms with Crippen LogP contribution in [-0.4, -0.2) is 23.0 Å². The molecule has 5 heteroatoms. The number of methoxy groups -OCH3 is 1. The first-order chi connectivity index (χ1) is 11.0. The number of thiazole rings is 1. The minimum absolute atomic E-state index is 0.0177. The van der Waals surface area contributed by atoms with E-state index in [9.17, 15) is 9.90 Å². The van der Waals surface area contributed by atoms with Crippen LogP contribution in [0, 0.1) is 12.8 Å². The van der Waals surface area contributed by atoms with Gasteiger partial charge in [-0.25, -0.2) is 4.98 Å². The molecule has 3 rings (SSSR count). The minimum atomic E-state index is -0.0177. The van der Waals surface area contributed by atoms with Crippen molar-refractivity contribution in [2.24, 2.45) is 5.92 Å². The van der Waals surface area contributed by atoms with Crippen LogP contribution in [0.4, 0.5) is 0 Å². The number of carbonyl (C=O) groups is 1. The van der Waals surface area contributed by atoms with Crippen LogP contribution in [0.5, 0.6) is 5.75 Å². The van der Waals surface area contributed by atoms with Gasteiger partial charge in [-0.3, -0.25) is 4.79 Å². The number of rotatable bonds is 3. The Kier molecular flexibility index (Phi) is 4.22. The first-order valence-electron chi connectivity index (χ1n) is 7.57. The number of nitrogens with zero attached hydrogens (tertiary/aromatic N) is 1. The molecule has 1 aromatic heterocycles. The molecule has 0 spiro atoms. The van der Waals surface area contributed by atoms with Gasteiger partial charge in [0.05, 0.1) is 18.4 Å². The smallest absolute Gasteiger partial charge is 0.168 e. The number of hydrogen-bond acceptors (Lipinski definition) is 5. The molecular formula is C18H19NO3S. The van der Waals surface area contributed by atoms with E-state index in [0.717, 1.165) is 21.2 Å². The molecule has 1 aliphatic carbocycles. The second-order valence-electron chi connectivity index (χ2n) is 5.91. The highest BCUT2D eigenvalue weighted by Gasteiger charge is 2.29. The molecule has 1 aliphatic rings. The lowest BCUT2D eigenvalue weighted by Crippen LogP contribution is -2.17. The van der Waals surface area contributed by atoms with Crippen LogP contribution in [0.15, 0.2) is 30.0 Å². The third kappa shape index (κ3) is 3.01. The maximum atomic E-state index is 12.3. The van der Waals surface area contributed by atoms with Crippen molar-refractivity contribution in [1.82, 2.24) is 4.98 Å². The fourth-order valence-corrected chi connectivity index (χ4v) is 3.76. The van der Waals surface area contributed by atoms with Gasteiger partial charge in [-0.15, -0.1) is 11.3 Å². The summed E-state index contributed by atoms with van der Waals surface area (Å²) in [6, 6.07) is 7.66. The molecule has 0 fully saturated rings. The summed E-state index contributed by atoms with van der Waals surface area (Å²) >= 11 is 1.53. The normalized spacial score (nSPS) is 18.4. The van der Waals surface area contributed by atoms with E-state index in [-0.39, 0.29) is 17.5 Å². The Hall–Kier alpha value is -2.14. The average molecular weight is 329 g/mol. The number of ether oxygens (including phenoxy) is 1. The van der Waals surface area contributed by atoms with Gasteiger partial charge in [-0.05, 0) is 37.1 Å². The largest absolute Gasteiger partial charge is 0.511 e. The van der Waals surface area contributed by atoms with Crippen molar-refractivity contribution >= 4 is 22.7 Å². The molecule has 0 radical (unpaired) electrons. The number of carbonyl (C=O) groups excluding carboxylic acids is 1. The Balaban J connectivity index is 2.01. The third-order valence-electron chi connectivity index (χ3n) is 4.01. The highest BCUT2D eigenvalue weighted by molar-refractivity contribution is 7.15. The lowest BCUT2D eigenvalue weighted by atomic mass is 9.87. The molecule has 0 saturated carbocycles. The van der Waals surface area contributed by atoms with Crippen molar-refractivity contribution in [3.05, 3.63) is 40.6 Å². The van der Waals surface area contributed by atoms with Gasteiger partial charge in [0, 0.05) is 23.3 Å². The summed E-state index contributed by atoms with van der Waals surface area (Å²) in [6.07, 6.45) is 1.00. The van der Waals surface area contributed by atoms with E-state index < -0.39 is 0 Å². The van der Waals surface area contributed by atoms with Gasteiger partial charge in [-0.1, -0.05) is 6.92 Å². The van der Waals surface area contributed by atoms with E-state index in [0.29, 0.717) is 24.1 Å². The standard InChI is InChI=1S/C18H19NO3S/c1-10-8-14(20)16(15(21)9-10)17-11(2)23-18(19-17)12-4-6-13(22-3)7-5-12/h4-7,10,20H,8-9H2,1-3H3. The van der Waals surface area contributed by atoms with Crippen molar-refractivity contribution in [2.45, 2.75) is 26.7 Å². The summed E-state index contributed by atoms with van der Waals surface area (Å²) in [4.78, 5) is 17.9. The second-order valence-corrected chi connectivity index (χ2v) is 7.11. The lowest BCUT2D eigenvalue weighted by molar-refractivity contribution is -0.115. The number of Topliss-reactive ketones (excluding diaryl/α,β-unsaturated/α-hetero) is 1. The maximum absolute atomic E-state index is 12.3. The Morgan fingerprint density at radius 3 is 2.57 bits per heavy atom. The SMILES string of the molecule is COc1ccc(-c2nc(C3=C(O)CC(C)CC3=O)c(C)s2)cc1. The molecule has 120 valence electrons. The molecule has 4 nitrogen and oxygen atoms in total. The van der Waals surface area contributed by atoms with Gasteiger partial charge in [0.1, 0.15) is 16.5 Å². The van der Waals surface area contributed by atoms with Gasteiger partial charge in [0.15, 0.2) is 5.78 Å². The number of aliphatic hydroxyl groups is 1. The molecule has 0 amide bonds. The summed E-state index contributed by atoms with van der Waals surface area (Å²) in [6.45, 7) is 3.91. The van der Waals surface area contributed by atoms with Gasteiger partial charge < -0.3 is 9.84 Å². The van der Waals surface area contributed by atoms with Crippen molar-refractivity contribution in [1.29, 1.82) is 0 Å². The van der Waals surface area contributed by atoms with Crippen molar-refractivity contribution < 1.29 is 14.6 Å². The van der Waals surface area contributed by atoms with Gasteiger partial charge in [0.25, 0.3) is 0 Å². The molecule has 23 heavy (non-hydrogen) atoms. The van der Waals surface area contributed by atoms with Crippen molar-refractivity contribution in [3.63, 3.8) is 0 Å². The van der Waals surface area contributed by atoms with Crippen molar-refractivity contribution in [3.8, 4) is 16.3 Å². The summed E-state index contributed by atoms with van der Waals surface area (Å²) in [5.74, 6) is 1.13. The number of aromatic nitrogens is 1. The number of hydrogen-bond donors (Lipinski definition) is 1. The monoisotopic (exact) mass is 329 g/mol. The van der Waals surface area contributed by atoms with Crippen LogP contribution in [0.1, 0.15) is 30.3 Å². The number of benzene rings is 1. The first-order valence-corrected chi connectivity index (χ1v) is 8.38. The molecule has 2 aromatic rings. The first kappa shape index (κ1) is 15.7. The molecular weight excluding hydrogens is 310 g/mol. The molecule has 1 heterocycles. The lowest BCUT2D eigenvalue weighted by Gasteiger charge is -2.19. The summed E-state index contributed by atoms with van der Waals surface area (Å²) < 4.78 is 5.17. The van der Waals surface area contributed by atoms with Gasteiger partial charge in [-0.2, -0.15) is 0 Å². The van der Waals surface area contributed by atoms with E-state index in [1.54, 1.807) is 7.11 Å². The molecule has 0 saturated heterocycles. The number of aryl methyl sites for hydroxylation is 1. The predicted molar refractivity (Wildman–Crippen MR) is 91.8 cm³/mol. The maximum Gasteiger partial charge on any atom is 0.168 e. The topological polar surface area (TPSA) is 59.4 Å². The van der Waals surface area contributed by atoms with Crippen LogP contribution in [0.25, 0.3) is 16.1 Å². The zero-order valence-electron chi connectivity index (χ0n) is 13.4. The molecule has 0 aliphatic heterocycles. The zero-order chi connectivity index (χ0) is 16.6. The molecule has 1 unspecified atom stereocenters. The quantitative estimate of drug-likeness (QED) is 0.907. The minimum Gasteiger partial charge on any atom is -0.511 e. The Labute approximate surface area is 139 Å². The summed E-state index contributed by atoms with van der Waals surface area (Å²) in [7, 11) is 1.63. The molecule has 1 aromatic carbocycles. The summed E-state index contributed by atoms with van der Waals surface area (Å²) in [5.41, 5.74) is 1.99. The Morgan fingerprint density at radius 2 is 1.96 bits per heavy atom. The zero-order valence-corrected chi connectivity index (χ0v) is 14.2. The van der Waals surface area contributed by atoms with E-state index in [2.05, 4.69) is 4.98 Å². The molecule has 1 N–H and O–H groups in total. The van der Waals surface area contributed by atoms with Crippen LogP contribution in [0.2, 0.25) is 0 Å². The fraction of sp³-hybridized carbons (Fsp3) is 0.333. The highest BCUT2D eigenvalue weighted by atomic mass is 32.1. The number of allylic oxidation sites excluding steroid dienone is 2. The predicted octanol–water partition coefficient (Wildman–Crippen LogP) is 4.40. The van der Waals surface area contributed by atoms with E-state index in [1.165, 1.54) is 11.3 Å². The second kappa shape index (κ2) is 6.16. The van der Waals surface area contributed by atoms with Gasteiger partial charge in [0.2, 0.25) is 0 Å². The number of aliphatic hydroxyl groups excluding tert-OH is 1. The van der Waals surface area contributed by atoms with Crippen LogP contribution in [-0.2, 0) is 4.79 Å². The van der Waals surface area contributed by atoms with E-state index in [1.807, 2.05) is 38.1 Å². The highest BCUT2D eigenvalue weighted by Crippen LogP contribution is 2.37. The average Bonchev–Trinajstić information content (AvgIpc) is 2.88. The Morgan fingerprint density at radius 1 is 1.26 bits per heavy atom. The Bertz CT molecular complexity index is 774. The summed E-state index contributed by atoms with van der Waals surface area (Å²) in [5, 5.41) is 11.1.